The van der Waals surface area contributed by atoms with Crippen LogP contribution in [0.2, 0.25) is 0 Å². The minimum atomic E-state index is 0.902. The lowest BCUT2D eigenvalue weighted by Gasteiger charge is -2.03. The predicted octanol–water partition coefficient (Wildman–Crippen LogP) is 3.23. The van der Waals surface area contributed by atoms with Gasteiger partial charge in [-0.3, -0.25) is 0 Å². The molecule has 2 nitrogen and oxygen atoms in total. The standard InChI is InChI=1S/C12H16N2S/c1-8-5-14(11(4)10(8)3)6-12-13-9(2)7-15-12/h5,7H,6H2,1-4H3. The van der Waals surface area contributed by atoms with Crippen LogP contribution in [-0.2, 0) is 6.54 Å². The van der Waals surface area contributed by atoms with E-state index in [1.807, 2.05) is 6.92 Å². The Kier molecular flexibility index (Phi) is 2.65. The maximum Gasteiger partial charge on any atom is 0.113 e. The fourth-order valence-corrected chi connectivity index (χ4v) is 2.48. The first-order valence-electron chi connectivity index (χ1n) is 5.12. The maximum absolute atomic E-state index is 4.48. The van der Waals surface area contributed by atoms with E-state index in [0.717, 1.165) is 12.2 Å². The summed E-state index contributed by atoms with van der Waals surface area (Å²) in [4.78, 5) is 4.48. The van der Waals surface area contributed by atoms with Crippen molar-refractivity contribution < 1.29 is 0 Å². The highest BCUT2D eigenvalue weighted by Gasteiger charge is 2.07. The van der Waals surface area contributed by atoms with E-state index in [9.17, 15) is 0 Å². The summed E-state index contributed by atoms with van der Waals surface area (Å²) in [6.07, 6.45) is 2.21. The van der Waals surface area contributed by atoms with Crippen molar-refractivity contribution in [1.82, 2.24) is 9.55 Å². The summed E-state index contributed by atoms with van der Waals surface area (Å²) in [5, 5.41) is 3.29. The van der Waals surface area contributed by atoms with E-state index >= 15 is 0 Å². The molecule has 3 heteroatoms. The van der Waals surface area contributed by atoms with Crippen LogP contribution in [0.3, 0.4) is 0 Å². The molecule has 0 aliphatic carbocycles. The molecule has 2 aromatic heterocycles. The second kappa shape index (κ2) is 3.81. The molecule has 0 saturated heterocycles. The Bertz CT molecular complexity index is 480. The third-order valence-corrected chi connectivity index (χ3v) is 3.84. The van der Waals surface area contributed by atoms with E-state index in [-0.39, 0.29) is 0 Å². The molecule has 0 amide bonds. The zero-order chi connectivity index (χ0) is 11.0. The van der Waals surface area contributed by atoms with E-state index in [0.29, 0.717) is 0 Å². The minimum absolute atomic E-state index is 0.902. The lowest BCUT2D eigenvalue weighted by molar-refractivity contribution is 0.764. The molecule has 0 aliphatic rings. The molecule has 80 valence electrons. The highest BCUT2D eigenvalue weighted by molar-refractivity contribution is 7.09. The number of aromatic nitrogens is 2. The van der Waals surface area contributed by atoms with Crippen LogP contribution in [-0.4, -0.2) is 9.55 Å². The minimum Gasteiger partial charge on any atom is -0.344 e. The quantitative estimate of drug-likeness (QED) is 0.760. The van der Waals surface area contributed by atoms with Crippen molar-refractivity contribution in [2.45, 2.75) is 34.2 Å². The molecule has 2 aromatic rings. The molecule has 0 fully saturated rings. The average molecular weight is 220 g/mol. The first-order valence-corrected chi connectivity index (χ1v) is 6.00. The van der Waals surface area contributed by atoms with Gasteiger partial charge in [-0.15, -0.1) is 11.3 Å². The number of aryl methyl sites for hydroxylation is 2. The number of hydrogen-bond donors (Lipinski definition) is 0. The summed E-state index contributed by atoms with van der Waals surface area (Å²) in [6, 6.07) is 0. The van der Waals surface area contributed by atoms with Gasteiger partial charge in [0.15, 0.2) is 0 Å². The molecule has 2 rings (SSSR count). The van der Waals surface area contributed by atoms with Gasteiger partial charge in [-0.2, -0.15) is 0 Å². The molecule has 0 spiro atoms. The smallest absolute Gasteiger partial charge is 0.113 e. The third kappa shape index (κ3) is 1.97. The van der Waals surface area contributed by atoms with Crippen LogP contribution in [0.1, 0.15) is 27.5 Å². The van der Waals surface area contributed by atoms with E-state index in [2.05, 4.69) is 41.9 Å². The van der Waals surface area contributed by atoms with Crippen LogP contribution in [0.5, 0.6) is 0 Å². The summed E-state index contributed by atoms with van der Waals surface area (Å²) in [7, 11) is 0. The first kappa shape index (κ1) is 10.4. The Hall–Kier alpha value is -1.09. The summed E-state index contributed by atoms with van der Waals surface area (Å²) in [5.41, 5.74) is 5.22. The molecule has 0 radical (unpaired) electrons. The van der Waals surface area contributed by atoms with Crippen LogP contribution >= 0.6 is 11.3 Å². The SMILES string of the molecule is Cc1csc(Cn2cc(C)c(C)c2C)n1. The van der Waals surface area contributed by atoms with Gasteiger partial charge in [0.25, 0.3) is 0 Å². The Morgan fingerprint density at radius 2 is 2.00 bits per heavy atom. The third-order valence-electron chi connectivity index (χ3n) is 2.89. The van der Waals surface area contributed by atoms with Crippen LogP contribution in [0.15, 0.2) is 11.6 Å². The van der Waals surface area contributed by atoms with E-state index < -0.39 is 0 Å². The van der Waals surface area contributed by atoms with Gasteiger partial charge in [0, 0.05) is 23.0 Å². The zero-order valence-corrected chi connectivity index (χ0v) is 10.5. The molecule has 15 heavy (non-hydrogen) atoms. The van der Waals surface area contributed by atoms with Crippen molar-refractivity contribution in [3.05, 3.63) is 39.1 Å². The molecular formula is C12H16N2S. The van der Waals surface area contributed by atoms with Crippen LogP contribution in [0.4, 0.5) is 0 Å². The summed E-state index contributed by atoms with van der Waals surface area (Å²) < 4.78 is 2.28. The van der Waals surface area contributed by atoms with Gasteiger partial charge in [-0.1, -0.05) is 0 Å². The topological polar surface area (TPSA) is 17.8 Å². The van der Waals surface area contributed by atoms with Crippen molar-refractivity contribution in [3.63, 3.8) is 0 Å². The van der Waals surface area contributed by atoms with Gasteiger partial charge >= 0.3 is 0 Å². The van der Waals surface area contributed by atoms with Gasteiger partial charge in [-0.05, 0) is 38.8 Å². The van der Waals surface area contributed by atoms with Crippen LogP contribution in [0, 0.1) is 27.7 Å². The first-order chi connectivity index (χ1) is 7.08. The highest BCUT2D eigenvalue weighted by Crippen LogP contribution is 2.17. The second-order valence-corrected chi connectivity index (χ2v) is 4.98. The molecule has 0 N–H and O–H groups in total. The van der Waals surface area contributed by atoms with Crippen molar-refractivity contribution in [2.75, 3.05) is 0 Å². The molecule has 0 aromatic carbocycles. The van der Waals surface area contributed by atoms with Crippen molar-refractivity contribution >= 4 is 11.3 Å². The average Bonchev–Trinajstić information content (AvgIpc) is 2.68. The van der Waals surface area contributed by atoms with Gasteiger partial charge in [-0.25, -0.2) is 4.98 Å². The Morgan fingerprint density at radius 3 is 2.47 bits per heavy atom. The van der Waals surface area contributed by atoms with Crippen molar-refractivity contribution in [1.29, 1.82) is 0 Å². The molecule has 0 atom stereocenters. The Balaban J connectivity index is 2.28. The van der Waals surface area contributed by atoms with E-state index in [4.69, 9.17) is 0 Å². The number of thiazole rings is 1. The van der Waals surface area contributed by atoms with Crippen LogP contribution in [0.25, 0.3) is 0 Å². The molecule has 0 unspecified atom stereocenters. The largest absolute Gasteiger partial charge is 0.344 e. The van der Waals surface area contributed by atoms with Gasteiger partial charge in [0.05, 0.1) is 6.54 Å². The lowest BCUT2D eigenvalue weighted by atomic mass is 10.2. The number of hydrogen-bond acceptors (Lipinski definition) is 2. The zero-order valence-electron chi connectivity index (χ0n) is 9.66. The van der Waals surface area contributed by atoms with E-state index in [1.54, 1.807) is 11.3 Å². The van der Waals surface area contributed by atoms with Crippen molar-refractivity contribution in [2.24, 2.45) is 0 Å². The van der Waals surface area contributed by atoms with E-state index in [1.165, 1.54) is 21.8 Å². The highest BCUT2D eigenvalue weighted by atomic mass is 32.1. The summed E-state index contributed by atoms with van der Waals surface area (Å²) in [5.74, 6) is 0. The molecule has 0 saturated carbocycles. The number of rotatable bonds is 2. The second-order valence-electron chi connectivity index (χ2n) is 4.03. The molecular weight excluding hydrogens is 204 g/mol. The molecule has 2 heterocycles. The lowest BCUT2D eigenvalue weighted by Crippen LogP contribution is -2.00. The Morgan fingerprint density at radius 1 is 1.27 bits per heavy atom. The summed E-state index contributed by atoms with van der Waals surface area (Å²) >= 11 is 1.74. The van der Waals surface area contributed by atoms with Gasteiger partial charge in [0.1, 0.15) is 5.01 Å². The maximum atomic E-state index is 4.48. The van der Waals surface area contributed by atoms with Crippen molar-refractivity contribution in [3.8, 4) is 0 Å². The number of nitrogens with zero attached hydrogens (tertiary/aromatic N) is 2. The fourth-order valence-electron chi connectivity index (χ4n) is 1.71. The summed E-state index contributed by atoms with van der Waals surface area (Å²) in [6.45, 7) is 9.45. The van der Waals surface area contributed by atoms with Gasteiger partial charge in [0.2, 0.25) is 0 Å². The molecule has 0 bridgehead atoms. The molecule has 0 aliphatic heterocycles. The predicted molar refractivity (Wildman–Crippen MR) is 64.6 cm³/mol. The monoisotopic (exact) mass is 220 g/mol. The van der Waals surface area contributed by atoms with Gasteiger partial charge < -0.3 is 4.57 Å². The Labute approximate surface area is 94.6 Å². The van der Waals surface area contributed by atoms with Crippen LogP contribution < -0.4 is 0 Å². The normalized spacial score (nSPS) is 10.9. The fraction of sp³-hybridized carbons (Fsp3) is 0.417.